The van der Waals surface area contributed by atoms with Crippen molar-refractivity contribution in [2.24, 2.45) is 4.99 Å². The Morgan fingerprint density at radius 3 is 2.51 bits per heavy atom. The van der Waals surface area contributed by atoms with Gasteiger partial charge in [-0.15, -0.1) is 0 Å². The van der Waals surface area contributed by atoms with E-state index in [-0.39, 0.29) is 58.9 Å². The predicted molar refractivity (Wildman–Crippen MR) is 148 cm³/mol. The molecule has 1 saturated carbocycles. The van der Waals surface area contributed by atoms with Gasteiger partial charge in [0.2, 0.25) is 18.6 Å². The summed E-state index contributed by atoms with van der Waals surface area (Å²) in [6.07, 6.45) is 5.27. The SMILES string of the molecule is CCC(=Nc1c(Nc2cccc(C(=O)N(C)C)c2O)c(O)n(C2CCCCC2)c1O)c1ccc2c(c1)OCO2. The average Bonchev–Trinajstić information content (AvgIpc) is 3.50. The molecule has 0 atom stereocenters. The fourth-order valence-electron chi connectivity index (χ4n) is 5.21. The monoisotopic (exact) mass is 534 g/mol. The van der Waals surface area contributed by atoms with Crippen LogP contribution in [0.2, 0.25) is 0 Å². The molecule has 1 aliphatic carbocycles. The van der Waals surface area contributed by atoms with Gasteiger partial charge in [-0.25, -0.2) is 4.99 Å². The van der Waals surface area contributed by atoms with E-state index < -0.39 is 0 Å². The Morgan fingerprint density at radius 2 is 1.79 bits per heavy atom. The van der Waals surface area contributed by atoms with Crippen LogP contribution in [0.5, 0.6) is 29.0 Å². The topological polar surface area (TPSA) is 129 Å². The van der Waals surface area contributed by atoms with E-state index in [4.69, 9.17) is 14.5 Å². The first kappa shape index (κ1) is 26.3. The molecule has 2 aromatic carbocycles. The van der Waals surface area contributed by atoms with E-state index in [1.54, 1.807) is 26.2 Å². The molecule has 5 rings (SSSR count). The number of fused-ring (bicyclic) bond motifs is 1. The number of phenolic OH excluding ortho intramolecular Hbond substituents is 1. The number of nitrogens with zero attached hydrogens (tertiary/aromatic N) is 3. The summed E-state index contributed by atoms with van der Waals surface area (Å²) >= 11 is 0. The molecule has 10 heteroatoms. The van der Waals surface area contributed by atoms with Crippen LogP contribution < -0.4 is 14.8 Å². The lowest BCUT2D eigenvalue weighted by atomic mass is 9.95. The highest BCUT2D eigenvalue weighted by Gasteiger charge is 2.30. The smallest absolute Gasteiger partial charge is 0.257 e. The number of anilines is 2. The van der Waals surface area contributed by atoms with Crippen molar-refractivity contribution in [3.63, 3.8) is 0 Å². The van der Waals surface area contributed by atoms with E-state index in [1.165, 1.54) is 15.5 Å². The van der Waals surface area contributed by atoms with E-state index in [9.17, 15) is 20.1 Å². The minimum absolute atomic E-state index is 0.0888. The average molecular weight is 535 g/mol. The number of aliphatic imine (C=N–C) groups is 1. The molecule has 1 aliphatic heterocycles. The Labute approximate surface area is 227 Å². The van der Waals surface area contributed by atoms with Gasteiger partial charge in [0.15, 0.2) is 22.9 Å². The number of phenols is 1. The number of nitrogens with one attached hydrogen (secondary N) is 1. The highest BCUT2D eigenvalue weighted by atomic mass is 16.7. The molecule has 0 unspecified atom stereocenters. The number of hydrogen-bond donors (Lipinski definition) is 4. The van der Waals surface area contributed by atoms with Gasteiger partial charge in [-0.1, -0.05) is 32.3 Å². The zero-order valence-corrected chi connectivity index (χ0v) is 22.4. The molecule has 1 aromatic heterocycles. The summed E-state index contributed by atoms with van der Waals surface area (Å²) in [7, 11) is 3.20. The number of ether oxygens (including phenoxy) is 2. The summed E-state index contributed by atoms with van der Waals surface area (Å²) in [5, 5.41) is 36.9. The summed E-state index contributed by atoms with van der Waals surface area (Å²) in [5.74, 6) is 0.310. The Bertz CT molecular complexity index is 1420. The van der Waals surface area contributed by atoms with Gasteiger partial charge in [0.25, 0.3) is 5.91 Å². The number of hydrogen-bond acceptors (Lipinski definition) is 8. The molecule has 2 heterocycles. The Hall–Kier alpha value is -4.34. The second kappa shape index (κ2) is 10.8. The van der Waals surface area contributed by atoms with Crippen LogP contribution in [0.4, 0.5) is 17.1 Å². The van der Waals surface area contributed by atoms with E-state index in [0.717, 1.165) is 37.7 Å². The number of amides is 1. The van der Waals surface area contributed by atoms with E-state index in [1.807, 2.05) is 25.1 Å². The van der Waals surface area contributed by atoms with Crippen molar-refractivity contribution in [3.8, 4) is 29.0 Å². The summed E-state index contributed by atoms with van der Waals surface area (Å²) in [4.78, 5) is 18.8. The third-order valence-electron chi connectivity index (χ3n) is 7.29. The largest absolute Gasteiger partial charge is 0.505 e. The maximum Gasteiger partial charge on any atom is 0.257 e. The number of carbonyl (C=O) groups excluding carboxylic acids is 1. The van der Waals surface area contributed by atoms with Crippen LogP contribution in [-0.4, -0.2) is 57.3 Å². The zero-order valence-electron chi connectivity index (χ0n) is 22.4. The number of carbonyl (C=O) groups is 1. The molecule has 4 N–H and O–H groups in total. The summed E-state index contributed by atoms with van der Waals surface area (Å²) < 4.78 is 12.5. The number of para-hydroxylation sites is 1. The van der Waals surface area contributed by atoms with Crippen LogP contribution in [0.15, 0.2) is 41.4 Å². The second-order valence-electron chi connectivity index (χ2n) is 10.0. The van der Waals surface area contributed by atoms with Gasteiger partial charge in [-0.2, -0.15) is 0 Å². The molecule has 39 heavy (non-hydrogen) atoms. The minimum atomic E-state index is -0.364. The van der Waals surface area contributed by atoms with E-state index in [2.05, 4.69) is 5.32 Å². The summed E-state index contributed by atoms with van der Waals surface area (Å²) in [6.45, 7) is 2.11. The standard InChI is InChI=1S/C29H34N4O6/c1-4-20(17-13-14-22-23(15-17)39-16-38-22)30-24-25(29(37)33(28(24)36)18-9-6-5-7-10-18)31-21-12-8-11-19(26(21)34)27(35)32(2)3/h8,11-15,18,31,34,36-37H,4-7,9-10,16H2,1-3H3. The third-order valence-corrected chi connectivity index (χ3v) is 7.29. The van der Waals surface area contributed by atoms with Gasteiger partial charge in [0.05, 0.1) is 11.3 Å². The molecule has 2 aliphatic rings. The molecule has 3 aromatic rings. The molecule has 206 valence electrons. The van der Waals surface area contributed by atoms with Crippen molar-refractivity contribution < 1.29 is 29.6 Å². The molecule has 0 spiro atoms. The highest BCUT2D eigenvalue weighted by molar-refractivity contribution is 6.04. The van der Waals surface area contributed by atoms with Crippen molar-refractivity contribution >= 4 is 28.7 Å². The molecular weight excluding hydrogens is 500 g/mol. The minimum Gasteiger partial charge on any atom is -0.505 e. The molecular formula is C29H34N4O6. The molecule has 0 bridgehead atoms. The van der Waals surface area contributed by atoms with Gasteiger partial charge in [0.1, 0.15) is 5.69 Å². The summed E-state index contributed by atoms with van der Waals surface area (Å²) in [5.41, 5.74) is 2.06. The fourth-order valence-corrected chi connectivity index (χ4v) is 5.21. The van der Waals surface area contributed by atoms with Gasteiger partial charge in [-0.05, 0) is 55.2 Å². The van der Waals surface area contributed by atoms with Crippen molar-refractivity contribution in [2.45, 2.75) is 51.5 Å². The lowest BCUT2D eigenvalue weighted by molar-refractivity contribution is 0.0824. The predicted octanol–water partition coefficient (Wildman–Crippen LogP) is 5.82. The molecule has 10 nitrogen and oxygen atoms in total. The maximum absolute atomic E-state index is 12.6. The Morgan fingerprint density at radius 1 is 1.05 bits per heavy atom. The van der Waals surface area contributed by atoms with E-state index in [0.29, 0.717) is 23.6 Å². The van der Waals surface area contributed by atoms with E-state index >= 15 is 0 Å². The maximum atomic E-state index is 12.6. The van der Waals surface area contributed by atoms with Crippen LogP contribution in [0.25, 0.3) is 0 Å². The molecule has 0 saturated heterocycles. The highest BCUT2D eigenvalue weighted by Crippen LogP contribution is 2.51. The number of rotatable bonds is 7. The van der Waals surface area contributed by atoms with Crippen LogP contribution in [0.1, 0.15) is 67.4 Å². The molecule has 0 radical (unpaired) electrons. The quantitative estimate of drug-likeness (QED) is 0.222. The Kier molecular flexibility index (Phi) is 7.28. The first-order chi connectivity index (χ1) is 18.8. The normalized spacial score (nSPS) is 15.4. The van der Waals surface area contributed by atoms with Crippen LogP contribution in [0, 0.1) is 0 Å². The number of aromatic hydroxyl groups is 3. The lowest BCUT2D eigenvalue weighted by Gasteiger charge is -2.24. The number of benzene rings is 2. The van der Waals surface area contributed by atoms with Crippen molar-refractivity contribution in [2.75, 3.05) is 26.2 Å². The van der Waals surface area contributed by atoms with Crippen LogP contribution in [0.3, 0.4) is 0 Å². The number of aromatic nitrogens is 1. The van der Waals surface area contributed by atoms with Gasteiger partial charge < -0.3 is 35.0 Å². The van der Waals surface area contributed by atoms with Crippen molar-refractivity contribution in [3.05, 3.63) is 47.5 Å². The third kappa shape index (κ3) is 4.94. The lowest BCUT2D eigenvalue weighted by Crippen LogP contribution is -2.21. The Balaban J connectivity index is 1.62. The van der Waals surface area contributed by atoms with Crippen molar-refractivity contribution in [1.82, 2.24) is 9.47 Å². The van der Waals surface area contributed by atoms with Crippen LogP contribution in [-0.2, 0) is 0 Å². The van der Waals surface area contributed by atoms with Crippen LogP contribution >= 0.6 is 0 Å². The first-order valence-corrected chi connectivity index (χ1v) is 13.2. The van der Waals surface area contributed by atoms with Gasteiger partial charge >= 0.3 is 0 Å². The van der Waals surface area contributed by atoms with Crippen molar-refractivity contribution in [1.29, 1.82) is 0 Å². The van der Waals surface area contributed by atoms with Gasteiger partial charge in [0, 0.05) is 25.8 Å². The van der Waals surface area contributed by atoms with Gasteiger partial charge in [-0.3, -0.25) is 9.36 Å². The second-order valence-corrected chi connectivity index (χ2v) is 10.0. The molecule has 1 amide bonds. The molecule has 1 fully saturated rings. The fraction of sp³-hybridized carbons (Fsp3) is 0.379. The zero-order chi connectivity index (χ0) is 27.7. The first-order valence-electron chi connectivity index (χ1n) is 13.2. The summed E-state index contributed by atoms with van der Waals surface area (Å²) in [6, 6.07) is 10.2.